The van der Waals surface area contributed by atoms with E-state index in [1.807, 2.05) is 32.2 Å². The molecule has 0 saturated heterocycles. The lowest BCUT2D eigenvalue weighted by atomic mass is 10.1. The number of hydrogen-bond acceptors (Lipinski definition) is 2. The van der Waals surface area contributed by atoms with Crippen molar-refractivity contribution in [1.29, 1.82) is 0 Å². The molecule has 0 heterocycles. The minimum absolute atomic E-state index is 0.161. The fourth-order valence-corrected chi connectivity index (χ4v) is 3.44. The van der Waals surface area contributed by atoms with E-state index in [9.17, 15) is 4.39 Å². The first-order valence-corrected chi connectivity index (χ1v) is 8.26. The van der Waals surface area contributed by atoms with Crippen LogP contribution in [0.2, 0.25) is 5.02 Å². The number of thioether (sulfide) groups is 1. The highest BCUT2D eigenvalue weighted by Crippen LogP contribution is 2.24. The summed E-state index contributed by atoms with van der Waals surface area (Å²) >= 11 is 7.81. The predicted octanol–water partition coefficient (Wildman–Crippen LogP) is 4.71. The highest BCUT2D eigenvalue weighted by atomic mass is 35.5. The zero-order valence-corrected chi connectivity index (χ0v) is 13.8. The summed E-state index contributed by atoms with van der Waals surface area (Å²) < 4.78 is 13.6. The van der Waals surface area contributed by atoms with Crippen molar-refractivity contribution in [2.45, 2.75) is 24.3 Å². The van der Waals surface area contributed by atoms with Crippen LogP contribution in [0.4, 0.5) is 4.39 Å². The monoisotopic (exact) mass is 323 g/mol. The summed E-state index contributed by atoms with van der Waals surface area (Å²) in [7, 11) is 1.93. The van der Waals surface area contributed by atoms with E-state index in [0.717, 1.165) is 28.3 Å². The number of likely N-dealkylation sites (N-methyl/N-ethyl adjacent to an activating group) is 1. The number of benzene rings is 2. The molecular weight excluding hydrogens is 305 g/mol. The van der Waals surface area contributed by atoms with Crippen LogP contribution in [0.5, 0.6) is 0 Å². The Labute approximate surface area is 134 Å². The molecule has 0 aliphatic heterocycles. The van der Waals surface area contributed by atoms with Gasteiger partial charge in [-0.3, -0.25) is 0 Å². The van der Waals surface area contributed by atoms with Gasteiger partial charge in [-0.05, 0) is 49.7 Å². The molecule has 0 radical (unpaired) electrons. The van der Waals surface area contributed by atoms with E-state index in [0.29, 0.717) is 4.90 Å². The van der Waals surface area contributed by atoms with Gasteiger partial charge in [-0.15, -0.1) is 11.8 Å². The zero-order valence-electron chi connectivity index (χ0n) is 12.2. The molecule has 4 heteroatoms. The van der Waals surface area contributed by atoms with Crippen LogP contribution < -0.4 is 5.32 Å². The van der Waals surface area contributed by atoms with Crippen molar-refractivity contribution in [3.63, 3.8) is 0 Å². The van der Waals surface area contributed by atoms with Crippen LogP contribution in [0.3, 0.4) is 0 Å². The zero-order chi connectivity index (χ0) is 15.2. The highest BCUT2D eigenvalue weighted by Gasteiger charge is 2.12. The molecule has 2 rings (SSSR count). The van der Waals surface area contributed by atoms with Crippen molar-refractivity contribution in [3.05, 3.63) is 64.4 Å². The van der Waals surface area contributed by atoms with Crippen LogP contribution in [0, 0.1) is 12.7 Å². The molecule has 0 aromatic heterocycles. The first-order valence-electron chi connectivity index (χ1n) is 6.89. The lowest BCUT2D eigenvalue weighted by Gasteiger charge is -2.17. The molecule has 21 heavy (non-hydrogen) atoms. The van der Waals surface area contributed by atoms with Gasteiger partial charge in [-0.1, -0.05) is 35.9 Å². The van der Waals surface area contributed by atoms with Gasteiger partial charge in [0.05, 0.1) is 0 Å². The molecule has 1 N–H and O–H groups in total. The molecule has 0 fully saturated rings. The molecule has 0 amide bonds. The Morgan fingerprint density at radius 2 is 2.00 bits per heavy atom. The second-order valence-corrected chi connectivity index (χ2v) is 6.50. The smallest absolute Gasteiger partial charge is 0.136 e. The first-order chi connectivity index (χ1) is 10.1. The van der Waals surface area contributed by atoms with Crippen molar-refractivity contribution >= 4 is 23.4 Å². The van der Waals surface area contributed by atoms with E-state index < -0.39 is 0 Å². The number of nitrogens with one attached hydrogen (secondary N) is 1. The van der Waals surface area contributed by atoms with E-state index in [2.05, 4.69) is 17.4 Å². The van der Waals surface area contributed by atoms with Gasteiger partial charge in [0.1, 0.15) is 5.82 Å². The Balaban J connectivity index is 1.99. The first kappa shape index (κ1) is 16.3. The molecule has 1 nitrogen and oxygen atoms in total. The normalized spacial score (nSPS) is 12.4. The van der Waals surface area contributed by atoms with E-state index in [4.69, 9.17) is 11.6 Å². The third-order valence-electron chi connectivity index (χ3n) is 3.36. The van der Waals surface area contributed by atoms with Crippen LogP contribution in [0.1, 0.15) is 11.1 Å². The highest BCUT2D eigenvalue weighted by molar-refractivity contribution is 7.99. The fourth-order valence-electron chi connectivity index (χ4n) is 2.08. The van der Waals surface area contributed by atoms with Gasteiger partial charge in [-0.2, -0.15) is 0 Å². The maximum atomic E-state index is 13.6. The van der Waals surface area contributed by atoms with Gasteiger partial charge < -0.3 is 5.32 Å². The van der Waals surface area contributed by atoms with Crippen LogP contribution in [-0.2, 0) is 6.42 Å². The Morgan fingerprint density at radius 3 is 2.67 bits per heavy atom. The minimum Gasteiger partial charge on any atom is -0.316 e. The molecule has 1 atom stereocenters. The topological polar surface area (TPSA) is 12.0 Å². The molecular formula is C17H19ClFNS. The lowest BCUT2D eigenvalue weighted by molar-refractivity contribution is 0.598. The predicted molar refractivity (Wildman–Crippen MR) is 89.9 cm³/mol. The van der Waals surface area contributed by atoms with E-state index in [1.165, 1.54) is 17.8 Å². The van der Waals surface area contributed by atoms with Gasteiger partial charge in [0, 0.05) is 21.7 Å². The summed E-state index contributed by atoms with van der Waals surface area (Å²) in [5.74, 6) is 0.632. The third kappa shape index (κ3) is 4.73. The van der Waals surface area contributed by atoms with Gasteiger partial charge in [0.25, 0.3) is 0 Å². The summed E-state index contributed by atoms with van der Waals surface area (Å²) in [4.78, 5) is 0.688. The summed E-state index contributed by atoms with van der Waals surface area (Å²) in [6, 6.07) is 13.2. The number of aryl methyl sites for hydroxylation is 1. The van der Waals surface area contributed by atoms with Crippen LogP contribution in [0.15, 0.2) is 47.4 Å². The van der Waals surface area contributed by atoms with Crippen LogP contribution in [0.25, 0.3) is 0 Å². The second-order valence-electron chi connectivity index (χ2n) is 5.03. The summed E-state index contributed by atoms with van der Waals surface area (Å²) in [6.07, 6.45) is 0.830. The van der Waals surface area contributed by atoms with Gasteiger partial charge >= 0.3 is 0 Å². The molecule has 0 bridgehead atoms. The van der Waals surface area contributed by atoms with Crippen molar-refractivity contribution in [3.8, 4) is 0 Å². The van der Waals surface area contributed by atoms with Crippen molar-refractivity contribution in [2.75, 3.05) is 12.8 Å². The van der Waals surface area contributed by atoms with E-state index >= 15 is 0 Å². The molecule has 2 aromatic rings. The minimum atomic E-state index is -0.161. The lowest BCUT2D eigenvalue weighted by Crippen LogP contribution is -2.30. The van der Waals surface area contributed by atoms with Crippen molar-refractivity contribution in [2.24, 2.45) is 0 Å². The van der Waals surface area contributed by atoms with Gasteiger partial charge in [0.15, 0.2) is 0 Å². The molecule has 112 valence electrons. The Hall–Kier alpha value is -1.03. The largest absolute Gasteiger partial charge is 0.316 e. The summed E-state index contributed by atoms with van der Waals surface area (Å²) in [6.45, 7) is 2.03. The van der Waals surface area contributed by atoms with Crippen LogP contribution >= 0.6 is 23.4 Å². The van der Waals surface area contributed by atoms with Crippen molar-refractivity contribution < 1.29 is 4.39 Å². The maximum Gasteiger partial charge on any atom is 0.136 e. The molecule has 0 spiro atoms. The molecule has 0 aliphatic rings. The maximum absolute atomic E-state index is 13.6. The van der Waals surface area contributed by atoms with E-state index in [-0.39, 0.29) is 11.9 Å². The van der Waals surface area contributed by atoms with Crippen LogP contribution in [-0.4, -0.2) is 18.8 Å². The Morgan fingerprint density at radius 1 is 1.24 bits per heavy atom. The quantitative estimate of drug-likeness (QED) is 0.773. The second kappa shape index (κ2) is 7.83. The fraction of sp³-hybridized carbons (Fsp3) is 0.294. The average Bonchev–Trinajstić information content (AvgIpc) is 2.47. The number of rotatable bonds is 6. The Kier molecular flexibility index (Phi) is 6.09. The molecule has 1 unspecified atom stereocenters. The Bertz CT molecular complexity index is 603. The molecule has 0 saturated carbocycles. The molecule has 0 aliphatic carbocycles. The SMILES string of the molecule is CNC(CSc1ccccc1F)Cc1ccc(C)cc1Cl. The number of hydrogen-bond donors (Lipinski definition) is 1. The summed E-state index contributed by atoms with van der Waals surface area (Å²) in [5.41, 5.74) is 2.28. The molecule has 2 aromatic carbocycles. The summed E-state index contributed by atoms with van der Waals surface area (Å²) in [5, 5.41) is 4.08. The van der Waals surface area contributed by atoms with Gasteiger partial charge in [-0.25, -0.2) is 4.39 Å². The standard InChI is InChI=1S/C17H19ClFNS/c1-12-7-8-13(15(18)9-12)10-14(20-2)11-21-17-6-4-3-5-16(17)19/h3-9,14,20H,10-11H2,1-2H3. The third-order valence-corrected chi connectivity index (χ3v) is 4.92. The van der Waals surface area contributed by atoms with Crippen molar-refractivity contribution in [1.82, 2.24) is 5.32 Å². The average molecular weight is 324 g/mol. The van der Waals surface area contributed by atoms with E-state index in [1.54, 1.807) is 6.07 Å². The van der Waals surface area contributed by atoms with Gasteiger partial charge in [0.2, 0.25) is 0 Å². The number of halogens is 2.